The number of carbonyl (C=O) groups is 2. The van der Waals surface area contributed by atoms with Crippen LogP contribution in [0.5, 0.6) is 0 Å². The van der Waals surface area contributed by atoms with Gasteiger partial charge in [0.1, 0.15) is 5.54 Å². The Morgan fingerprint density at radius 2 is 2.15 bits per heavy atom. The first-order valence-corrected chi connectivity index (χ1v) is 7.91. The molecule has 1 atom stereocenters. The Morgan fingerprint density at radius 3 is 2.75 bits per heavy atom. The van der Waals surface area contributed by atoms with E-state index in [0.717, 1.165) is 17.7 Å². The quantitative estimate of drug-likeness (QED) is 0.870. The Kier molecular flexibility index (Phi) is 4.70. The topological polar surface area (TPSA) is 66.4 Å². The Hall–Kier alpha value is -1.49. The summed E-state index contributed by atoms with van der Waals surface area (Å²) in [7, 11) is 0. The number of aliphatic carboxylic acids is 1. The van der Waals surface area contributed by atoms with E-state index in [1.165, 1.54) is 5.56 Å². The van der Waals surface area contributed by atoms with Crippen molar-refractivity contribution < 1.29 is 14.7 Å². The number of carboxylic acids is 1. The van der Waals surface area contributed by atoms with Crippen molar-refractivity contribution in [2.75, 3.05) is 11.5 Å². The van der Waals surface area contributed by atoms with Crippen LogP contribution in [-0.2, 0) is 22.4 Å². The molecule has 2 rings (SSSR count). The zero-order valence-corrected chi connectivity index (χ0v) is 12.3. The predicted molar refractivity (Wildman–Crippen MR) is 80.0 cm³/mol. The second-order valence-electron chi connectivity index (χ2n) is 5.09. The van der Waals surface area contributed by atoms with Gasteiger partial charge in [-0.05, 0) is 29.7 Å². The van der Waals surface area contributed by atoms with Gasteiger partial charge in [-0.25, -0.2) is 4.79 Å². The van der Waals surface area contributed by atoms with Crippen molar-refractivity contribution in [1.82, 2.24) is 5.32 Å². The molecule has 0 radical (unpaired) electrons. The number of nitrogens with one attached hydrogen (secondary N) is 1. The summed E-state index contributed by atoms with van der Waals surface area (Å²) >= 11 is 1.57. The van der Waals surface area contributed by atoms with Crippen LogP contribution in [0.2, 0.25) is 0 Å². The fraction of sp³-hybridized carbons (Fsp3) is 0.467. The lowest BCUT2D eigenvalue weighted by Gasteiger charge is -2.24. The van der Waals surface area contributed by atoms with Gasteiger partial charge in [0.15, 0.2) is 0 Å². The van der Waals surface area contributed by atoms with Gasteiger partial charge in [0.2, 0.25) is 5.91 Å². The summed E-state index contributed by atoms with van der Waals surface area (Å²) < 4.78 is 0. The third kappa shape index (κ3) is 3.33. The molecule has 108 valence electrons. The Morgan fingerprint density at radius 1 is 1.40 bits per heavy atom. The molecular weight excluding hydrogens is 274 g/mol. The lowest BCUT2D eigenvalue weighted by molar-refractivity contribution is -0.146. The first-order chi connectivity index (χ1) is 9.55. The van der Waals surface area contributed by atoms with E-state index in [9.17, 15) is 14.7 Å². The van der Waals surface area contributed by atoms with Crippen LogP contribution in [0.3, 0.4) is 0 Å². The van der Waals surface area contributed by atoms with Crippen LogP contribution in [0.4, 0.5) is 0 Å². The molecule has 1 fully saturated rings. The largest absolute Gasteiger partial charge is 0.479 e. The molecule has 0 aliphatic carbocycles. The van der Waals surface area contributed by atoms with Crippen LogP contribution < -0.4 is 5.32 Å². The molecule has 0 aromatic heterocycles. The van der Waals surface area contributed by atoms with E-state index in [2.05, 4.69) is 12.2 Å². The highest BCUT2D eigenvalue weighted by molar-refractivity contribution is 7.99. The van der Waals surface area contributed by atoms with Crippen molar-refractivity contribution >= 4 is 23.6 Å². The van der Waals surface area contributed by atoms with E-state index >= 15 is 0 Å². The molecular formula is C15H19NO3S. The van der Waals surface area contributed by atoms with Crippen molar-refractivity contribution in [1.29, 1.82) is 0 Å². The van der Waals surface area contributed by atoms with Crippen molar-refractivity contribution in [3.8, 4) is 0 Å². The van der Waals surface area contributed by atoms with Gasteiger partial charge in [-0.1, -0.05) is 31.2 Å². The molecule has 1 aromatic rings. The number of rotatable bonds is 5. The number of amides is 1. The van der Waals surface area contributed by atoms with E-state index in [1.807, 2.05) is 24.3 Å². The summed E-state index contributed by atoms with van der Waals surface area (Å²) in [5.74, 6) is 0.0716. The van der Waals surface area contributed by atoms with Gasteiger partial charge >= 0.3 is 5.97 Å². The normalized spacial score (nSPS) is 21.6. The molecule has 1 aromatic carbocycles. The average molecular weight is 293 g/mol. The SMILES string of the molecule is CCc1cccc(CC(=O)NC2(C(=O)O)CCSC2)c1. The maximum absolute atomic E-state index is 12.1. The summed E-state index contributed by atoms with van der Waals surface area (Å²) in [5.41, 5.74) is 1.03. The first kappa shape index (κ1) is 14.9. The van der Waals surface area contributed by atoms with Gasteiger partial charge < -0.3 is 10.4 Å². The Balaban J connectivity index is 2.02. The van der Waals surface area contributed by atoms with Gasteiger partial charge in [-0.2, -0.15) is 11.8 Å². The van der Waals surface area contributed by atoms with E-state index < -0.39 is 11.5 Å². The molecule has 1 amide bonds. The molecule has 1 unspecified atom stereocenters. The molecule has 1 heterocycles. The zero-order valence-electron chi connectivity index (χ0n) is 11.5. The second-order valence-corrected chi connectivity index (χ2v) is 6.19. The van der Waals surface area contributed by atoms with Crippen LogP contribution in [0.25, 0.3) is 0 Å². The molecule has 1 saturated heterocycles. The minimum absolute atomic E-state index is 0.219. The fourth-order valence-corrected chi connectivity index (χ4v) is 3.67. The maximum Gasteiger partial charge on any atom is 0.330 e. The summed E-state index contributed by atoms with van der Waals surface area (Å²) in [6.07, 6.45) is 1.65. The second kappa shape index (κ2) is 6.31. The monoisotopic (exact) mass is 293 g/mol. The van der Waals surface area contributed by atoms with Crippen molar-refractivity contribution in [3.05, 3.63) is 35.4 Å². The standard InChI is InChI=1S/C15H19NO3S/c1-2-11-4-3-5-12(8-11)9-13(17)16-15(14(18)19)6-7-20-10-15/h3-5,8H,2,6-7,9-10H2,1H3,(H,16,17)(H,18,19). The number of carboxylic acid groups (broad SMARTS) is 1. The van der Waals surface area contributed by atoms with Crippen LogP contribution in [0.1, 0.15) is 24.5 Å². The molecule has 0 spiro atoms. The van der Waals surface area contributed by atoms with E-state index in [-0.39, 0.29) is 12.3 Å². The zero-order chi connectivity index (χ0) is 14.6. The van der Waals surface area contributed by atoms with E-state index in [4.69, 9.17) is 0 Å². The number of thioether (sulfide) groups is 1. The van der Waals surface area contributed by atoms with Gasteiger partial charge in [-0.15, -0.1) is 0 Å². The number of carbonyl (C=O) groups excluding carboxylic acids is 1. The predicted octanol–water partition coefficient (Wildman–Crippen LogP) is 1.87. The third-order valence-corrected chi connectivity index (χ3v) is 4.76. The fourth-order valence-electron chi connectivity index (χ4n) is 2.34. The molecule has 0 bridgehead atoms. The highest BCUT2D eigenvalue weighted by atomic mass is 32.2. The maximum atomic E-state index is 12.1. The highest BCUT2D eigenvalue weighted by Crippen LogP contribution is 2.28. The van der Waals surface area contributed by atoms with Gasteiger partial charge in [-0.3, -0.25) is 4.79 Å². The molecule has 2 N–H and O–H groups in total. The average Bonchev–Trinajstić information content (AvgIpc) is 2.88. The molecule has 1 aliphatic rings. The smallest absolute Gasteiger partial charge is 0.330 e. The minimum Gasteiger partial charge on any atom is -0.479 e. The summed E-state index contributed by atoms with van der Waals surface area (Å²) in [5, 5.41) is 12.1. The van der Waals surface area contributed by atoms with Crippen LogP contribution in [0, 0.1) is 0 Å². The highest BCUT2D eigenvalue weighted by Gasteiger charge is 2.43. The number of hydrogen-bond donors (Lipinski definition) is 2. The van der Waals surface area contributed by atoms with Gasteiger partial charge in [0, 0.05) is 5.75 Å². The molecule has 20 heavy (non-hydrogen) atoms. The first-order valence-electron chi connectivity index (χ1n) is 6.76. The van der Waals surface area contributed by atoms with Crippen molar-refractivity contribution in [2.24, 2.45) is 0 Å². The third-order valence-electron chi connectivity index (χ3n) is 3.57. The Bertz CT molecular complexity index is 510. The van der Waals surface area contributed by atoms with Gasteiger partial charge in [0.05, 0.1) is 6.42 Å². The van der Waals surface area contributed by atoms with E-state index in [0.29, 0.717) is 12.2 Å². The molecule has 5 heteroatoms. The summed E-state index contributed by atoms with van der Waals surface area (Å²) in [4.78, 5) is 23.5. The number of hydrogen-bond acceptors (Lipinski definition) is 3. The lowest BCUT2D eigenvalue weighted by atomic mass is 9.98. The summed E-state index contributed by atoms with van der Waals surface area (Å²) in [6.45, 7) is 2.06. The Labute approximate surface area is 123 Å². The number of aryl methyl sites for hydroxylation is 1. The molecule has 0 saturated carbocycles. The van der Waals surface area contributed by atoms with Crippen LogP contribution >= 0.6 is 11.8 Å². The van der Waals surface area contributed by atoms with Crippen LogP contribution in [0.15, 0.2) is 24.3 Å². The number of benzene rings is 1. The van der Waals surface area contributed by atoms with Crippen molar-refractivity contribution in [3.63, 3.8) is 0 Å². The van der Waals surface area contributed by atoms with Gasteiger partial charge in [0.25, 0.3) is 0 Å². The molecule has 1 aliphatic heterocycles. The van der Waals surface area contributed by atoms with E-state index in [1.54, 1.807) is 11.8 Å². The lowest BCUT2D eigenvalue weighted by Crippen LogP contribution is -2.55. The summed E-state index contributed by atoms with van der Waals surface area (Å²) in [6, 6.07) is 7.85. The molecule has 4 nitrogen and oxygen atoms in total. The minimum atomic E-state index is -1.08. The van der Waals surface area contributed by atoms with Crippen LogP contribution in [-0.4, -0.2) is 34.0 Å². The van der Waals surface area contributed by atoms with Crippen molar-refractivity contribution in [2.45, 2.75) is 31.7 Å².